The monoisotopic (exact) mass is 259 g/mol. The lowest BCUT2D eigenvalue weighted by molar-refractivity contribution is 0.420. The Labute approximate surface area is 118 Å². The van der Waals surface area contributed by atoms with E-state index >= 15 is 0 Å². The Balaban J connectivity index is 2.20. The topological polar surface area (TPSA) is 12.0 Å². The summed E-state index contributed by atoms with van der Waals surface area (Å²) in [7, 11) is 2.11. The highest BCUT2D eigenvalue weighted by Crippen LogP contribution is 2.69. The fourth-order valence-corrected chi connectivity index (χ4v) is 3.90. The summed E-state index contributed by atoms with van der Waals surface area (Å²) in [5.74, 6) is 0.755. The van der Waals surface area contributed by atoms with Crippen LogP contribution < -0.4 is 5.32 Å². The summed E-state index contributed by atoms with van der Waals surface area (Å²) in [5.41, 5.74) is 5.17. The standard InChI is InChI=1S/C18H29N/c1-12-8-9-13(2)14(10-12)11-15(19-7)16-17(3,4)18(16,5)6/h8-10,15-16,19H,11H2,1-7H3. The average molecular weight is 259 g/mol. The Morgan fingerprint density at radius 1 is 1.11 bits per heavy atom. The van der Waals surface area contributed by atoms with Gasteiger partial charge in [-0.25, -0.2) is 0 Å². The average Bonchev–Trinajstić information content (AvgIpc) is 2.72. The molecule has 1 heteroatoms. The Morgan fingerprint density at radius 2 is 1.68 bits per heavy atom. The van der Waals surface area contributed by atoms with E-state index in [1.54, 1.807) is 0 Å². The van der Waals surface area contributed by atoms with E-state index in [0.717, 1.165) is 12.3 Å². The van der Waals surface area contributed by atoms with Gasteiger partial charge in [0.15, 0.2) is 0 Å². The van der Waals surface area contributed by atoms with E-state index in [1.807, 2.05) is 0 Å². The maximum absolute atomic E-state index is 3.57. The van der Waals surface area contributed by atoms with Crippen molar-refractivity contribution in [2.24, 2.45) is 16.7 Å². The van der Waals surface area contributed by atoms with Crippen LogP contribution in [0, 0.1) is 30.6 Å². The van der Waals surface area contributed by atoms with Gasteiger partial charge in [-0.2, -0.15) is 0 Å². The molecule has 1 fully saturated rings. The highest BCUT2D eigenvalue weighted by Gasteiger charge is 2.66. The maximum Gasteiger partial charge on any atom is 0.0143 e. The molecule has 1 nitrogen and oxygen atoms in total. The van der Waals surface area contributed by atoms with Crippen molar-refractivity contribution in [3.05, 3.63) is 34.9 Å². The molecule has 19 heavy (non-hydrogen) atoms. The first-order valence-electron chi connectivity index (χ1n) is 7.45. The number of hydrogen-bond donors (Lipinski definition) is 1. The predicted molar refractivity (Wildman–Crippen MR) is 83.5 cm³/mol. The Hall–Kier alpha value is -0.820. The van der Waals surface area contributed by atoms with Crippen molar-refractivity contribution < 1.29 is 0 Å². The molecular formula is C18H29N. The van der Waals surface area contributed by atoms with Crippen molar-refractivity contribution in [2.75, 3.05) is 7.05 Å². The van der Waals surface area contributed by atoms with Gasteiger partial charge in [-0.15, -0.1) is 0 Å². The third-order valence-electron chi connectivity index (χ3n) is 5.85. The lowest BCUT2D eigenvalue weighted by atomic mass is 9.93. The van der Waals surface area contributed by atoms with E-state index in [-0.39, 0.29) is 0 Å². The first kappa shape index (κ1) is 14.6. The normalized spacial score (nSPS) is 22.3. The molecule has 0 aliphatic heterocycles. The van der Waals surface area contributed by atoms with E-state index in [9.17, 15) is 0 Å². The SMILES string of the molecule is CNC(Cc1cc(C)ccc1C)C1C(C)(C)C1(C)C. The van der Waals surface area contributed by atoms with Gasteiger partial charge < -0.3 is 5.32 Å². The minimum Gasteiger partial charge on any atom is -0.316 e. The van der Waals surface area contributed by atoms with Gasteiger partial charge in [-0.05, 0) is 55.2 Å². The molecule has 0 radical (unpaired) electrons. The summed E-state index contributed by atoms with van der Waals surface area (Å²) in [6, 6.07) is 7.38. The van der Waals surface area contributed by atoms with Crippen LogP contribution in [0.15, 0.2) is 18.2 Å². The molecule has 0 bridgehead atoms. The predicted octanol–water partition coefficient (Wildman–Crippen LogP) is 4.12. The van der Waals surface area contributed by atoms with Crippen molar-refractivity contribution in [1.82, 2.24) is 5.32 Å². The molecule has 0 spiro atoms. The quantitative estimate of drug-likeness (QED) is 0.858. The van der Waals surface area contributed by atoms with Crippen LogP contribution in [0.1, 0.15) is 44.4 Å². The molecule has 106 valence electrons. The van der Waals surface area contributed by atoms with Gasteiger partial charge in [0.05, 0.1) is 0 Å². The molecule has 1 unspecified atom stereocenters. The van der Waals surface area contributed by atoms with E-state index in [1.165, 1.54) is 16.7 Å². The van der Waals surface area contributed by atoms with Crippen LogP contribution in [-0.2, 0) is 6.42 Å². The molecule has 1 atom stereocenters. The summed E-state index contributed by atoms with van der Waals surface area (Å²) in [4.78, 5) is 0. The third kappa shape index (κ3) is 2.33. The highest BCUT2D eigenvalue weighted by atomic mass is 14.9. The van der Waals surface area contributed by atoms with Crippen LogP contribution >= 0.6 is 0 Å². The van der Waals surface area contributed by atoms with Crippen LogP contribution in [-0.4, -0.2) is 13.1 Å². The summed E-state index contributed by atoms with van der Waals surface area (Å²) in [6.45, 7) is 14.0. The second-order valence-electron chi connectivity index (χ2n) is 7.45. The molecule has 0 heterocycles. The molecule has 1 aromatic rings. The van der Waals surface area contributed by atoms with Gasteiger partial charge in [0.2, 0.25) is 0 Å². The van der Waals surface area contributed by atoms with E-state index in [2.05, 4.69) is 72.1 Å². The number of benzene rings is 1. The molecule has 1 N–H and O–H groups in total. The molecule has 0 aromatic heterocycles. The van der Waals surface area contributed by atoms with Crippen LogP contribution in [0.2, 0.25) is 0 Å². The van der Waals surface area contributed by atoms with E-state index in [4.69, 9.17) is 0 Å². The Bertz CT molecular complexity index is 457. The first-order chi connectivity index (χ1) is 8.71. The number of rotatable bonds is 4. The summed E-state index contributed by atoms with van der Waals surface area (Å²) >= 11 is 0. The minimum atomic E-state index is 0.443. The van der Waals surface area contributed by atoms with Crippen molar-refractivity contribution >= 4 is 0 Å². The third-order valence-corrected chi connectivity index (χ3v) is 5.85. The van der Waals surface area contributed by atoms with Gasteiger partial charge >= 0.3 is 0 Å². The summed E-state index contributed by atoms with van der Waals surface area (Å²) < 4.78 is 0. The van der Waals surface area contributed by atoms with Crippen LogP contribution in [0.3, 0.4) is 0 Å². The van der Waals surface area contributed by atoms with Crippen molar-refractivity contribution in [1.29, 1.82) is 0 Å². The number of hydrogen-bond acceptors (Lipinski definition) is 1. The largest absolute Gasteiger partial charge is 0.316 e. The van der Waals surface area contributed by atoms with E-state index < -0.39 is 0 Å². The zero-order valence-corrected chi connectivity index (χ0v) is 13.6. The summed E-state index contributed by atoms with van der Waals surface area (Å²) in [6.07, 6.45) is 1.14. The van der Waals surface area contributed by atoms with Crippen LogP contribution in [0.25, 0.3) is 0 Å². The molecule has 1 aliphatic carbocycles. The number of aryl methyl sites for hydroxylation is 2. The molecule has 2 rings (SSSR count). The lowest BCUT2D eigenvalue weighted by Gasteiger charge is -2.20. The fourth-order valence-electron chi connectivity index (χ4n) is 3.90. The second-order valence-corrected chi connectivity index (χ2v) is 7.45. The molecule has 1 saturated carbocycles. The van der Waals surface area contributed by atoms with E-state index in [0.29, 0.717) is 16.9 Å². The highest BCUT2D eigenvalue weighted by molar-refractivity contribution is 5.32. The Morgan fingerprint density at radius 3 is 2.16 bits per heavy atom. The van der Waals surface area contributed by atoms with Gasteiger partial charge in [-0.3, -0.25) is 0 Å². The first-order valence-corrected chi connectivity index (χ1v) is 7.45. The van der Waals surface area contributed by atoms with Crippen molar-refractivity contribution in [3.63, 3.8) is 0 Å². The molecule has 0 saturated heterocycles. The molecule has 1 aromatic carbocycles. The smallest absolute Gasteiger partial charge is 0.0143 e. The van der Waals surface area contributed by atoms with Gasteiger partial charge in [0, 0.05) is 6.04 Å². The zero-order chi connectivity index (χ0) is 14.4. The molecular weight excluding hydrogens is 230 g/mol. The minimum absolute atomic E-state index is 0.443. The van der Waals surface area contributed by atoms with Crippen LogP contribution in [0.5, 0.6) is 0 Å². The van der Waals surface area contributed by atoms with Crippen molar-refractivity contribution in [2.45, 2.75) is 54.0 Å². The number of likely N-dealkylation sites (N-methyl/N-ethyl adjacent to an activating group) is 1. The number of nitrogens with one attached hydrogen (secondary N) is 1. The molecule has 1 aliphatic rings. The maximum atomic E-state index is 3.57. The van der Waals surface area contributed by atoms with Crippen molar-refractivity contribution in [3.8, 4) is 0 Å². The van der Waals surface area contributed by atoms with Gasteiger partial charge in [0.1, 0.15) is 0 Å². The van der Waals surface area contributed by atoms with Gasteiger partial charge in [-0.1, -0.05) is 51.5 Å². The van der Waals surface area contributed by atoms with Gasteiger partial charge in [0.25, 0.3) is 0 Å². The molecule has 0 amide bonds. The Kier molecular flexibility index (Phi) is 3.55. The van der Waals surface area contributed by atoms with Crippen LogP contribution in [0.4, 0.5) is 0 Å². The lowest BCUT2D eigenvalue weighted by Crippen LogP contribution is -2.32. The second kappa shape index (κ2) is 4.63. The summed E-state index contributed by atoms with van der Waals surface area (Å²) in [5, 5.41) is 3.57. The zero-order valence-electron chi connectivity index (χ0n) is 13.6. The fraction of sp³-hybridized carbons (Fsp3) is 0.667.